The number of carbonyl (C=O) groups is 11. The molecule has 3 aromatic carbocycles. The number of aliphatic hydroxyl groups is 1. The van der Waals surface area contributed by atoms with Gasteiger partial charge in [0.15, 0.2) is 0 Å². The van der Waals surface area contributed by atoms with Crippen molar-refractivity contribution in [1.82, 2.24) is 30.8 Å². The predicted molar refractivity (Wildman–Crippen MR) is 329 cm³/mol. The molecule has 21 nitrogen and oxygen atoms in total. The van der Waals surface area contributed by atoms with Crippen molar-refractivity contribution in [3.05, 3.63) is 118 Å². The fourth-order valence-electron chi connectivity index (χ4n) is 9.51. The minimum atomic E-state index is -4.72. The number of thiazole rings is 1. The van der Waals surface area contributed by atoms with Crippen LogP contribution in [0.3, 0.4) is 0 Å². The van der Waals surface area contributed by atoms with E-state index in [-0.39, 0.29) is 160 Å². The molecule has 0 spiro atoms. The number of halogens is 4. The molecule has 1 aliphatic heterocycles. The molecule has 6 amide bonds. The molecule has 1 fully saturated rings. The summed E-state index contributed by atoms with van der Waals surface area (Å²) in [6, 6.07) is 16.1. The molecule has 1 saturated heterocycles. The summed E-state index contributed by atoms with van der Waals surface area (Å²) in [7, 11) is 0. The van der Waals surface area contributed by atoms with Crippen LogP contribution in [-0.4, -0.2) is 116 Å². The van der Waals surface area contributed by atoms with Crippen molar-refractivity contribution < 1.29 is 75.8 Å². The first-order chi connectivity index (χ1) is 42.5. The smallest absolute Gasteiger partial charge is 0.417 e. The largest absolute Gasteiger partial charge is 0.457 e. The molecule has 0 unspecified atom stereocenters. The molecule has 6 N–H and O–H groups in total. The summed E-state index contributed by atoms with van der Waals surface area (Å²) in [4.78, 5) is 152. The number of likely N-dealkylation sites (tertiary alicyclic amines) is 1. The van der Waals surface area contributed by atoms with Gasteiger partial charge in [0.05, 0.1) is 38.8 Å². The Hall–Kier alpha value is -8.55. The van der Waals surface area contributed by atoms with Crippen LogP contribution in [0.1, 0.15) is 151 Å². The normalized spacial score (nSPS) is 14.6. The number of amides is 6. The predicted octanol–water partition coefficient (Wildman–Crippen LogP) is 10.2. The number of ether oxygens (including phenoxy) is 1. The summed E-state index contributed by atoms with van der Waals surface area (Å²) in [5.74, 6) is -3.77. The minimum absolute atomic E-state index is 0.00475. The van der Waals surface area contributed by atoms with Gasteiger partial charge in [0.2, 0.25) is 17.7 Å². The highest BCUT2D eigenvalue weighted by Gasteiger charge is 2.45. The molecule has 1 aliphatic rings. The zero-order chi connectivity index (χ0) is 65.9. The van der Waals surface area contributed by atoms with E-state index in [9.17, 15) is 71.0 Å². The maximum atomic E-state index is 14.1. The Morgan fingerprint density at radius 3 is 1.74 bits per heavy atom. The number of ketones is 6. The molecule has 480 valence electrons. The van der Waals surface area contributed by atoms with Crippen molar-refractivity contribution in [3.8, 4) is 21.9 Å². The van der Waals surface area contributed by atoms with Crippen molar-refractivity contribution in [3.63, 3.8) is 0 Å². The number of benzene rings is 3. The Kier molecular flexibility index (Phi) is 25.7. The van der Waals surface area contributed by atoms with Gasteiger partial charge in [-0.3, -0.25) is 52.9 Å². The third kappa shape index (κ3) is 22.2. The topological polar surface area (TPSA) is 306 Å². The van der Waals surface area contributed by atoms with Gasteiger partial charge in [-0.05, 0) is 78.9 Å². The number of alkyl halides is 3. The van der Waals surface area contributed by atoms with Crippen LogP contribution in [0.2, 0.25) is 5.02 Å². The number of aryl methyl sites for hydroxylation is 1. The molecule has 0 radical (unpaired) electrons. The van der Waals surface area contributed by atoms with Crippen LogP contribution in [0.4, 0.5) is 29.3 Å². The van der Waals surface area contributed by atoms with Gasteiger partial charge in [-0.15, -0.1) is 11.3 Å². The number of rotatable bonds is 32. The standard InChI is InChI=1S/C64H72ClF3N8O13S/c1-37(39-6-8-40(9-7-39)57-38(2)71-36-90-57)72-60(86)55-33-49(83)35-76(55)61(87)58(63(3,4)5)75-56(84)27-23-47(81)20-19-45(79)16-15-43(77)13-14-44(78)17-18-46(80)21-22-48(82)28-30-70-59(85)54-34-51(29-31-69-54)89-50-24-10-41(11-25-50)73-62(88)74-42-12-26-53(65)52(32-42)64(66,67)68/h6-12,24-26,29,31-32,34,36-37,49,55,58,83H,13-23,27-28,30,33,35H2,1-5H3,(H,70,85)(H,72,86)(H,75,84)(H2,73,74,88)/t37-,49+,55-,58-/m0/s1. The number of nitrogens with zero attached hydrogens (tertiary/aromatic N) is 3. The number of aromatic nitrogens is 2. The maximum absolute atomic E-state index is 14.1. The third-order valence-electron chi connectivity index (χ3n) is 14.6. The quantitative estimate of drug-likeness (QED) is 0.0233. The molecule has 2 aromatic heterocycles. The Labute approximate surface area is 527 Å². The number of hydrogen-bond acceptors (Lipinski definition) is 16. The molecular weight excluding hydrogens is 1210 g/mol. The van der Waals surface area contributed by atoms with Crippen LogP contribution >= 0.6 is 22.9 Å². The molecule has 3 heterocycles. The zero-order valence-electron chi connectivity index (χ0n) is 50.4. The lowest BCUT2D eigenvalue weighted by molar-refractivity contribution is -0.144. The van der Waals surface area contributed by atoms with Gasteiger partial charge in [-0.1, -0.05) is 56.6 Å². The number of β-amino-alcohol motifs (C(OH)–C–C–N with tert-alkyl or cyclic N) is 1. The maximum Gasteiger partial charge on any atom is 0.417 e. The van der Waals surface area contributed by atoms with E-state index in [0.717, 1.165) is 27.8 Å². The highest BCUT2D eigenvalue weighted by atomic mass is 35.5. The van der Waals surface area contributed by atoms with E-state index in [1.54, 1.807) is 26.3 Å². The molecule has 26 heteroatoms. The number of carbonyl (C=O) groups excluding carboxylic acids is 11. The SMILES string of the molecule is Cc1ncsc1-c1ccc([C@H](C)NC(=O)[C@@H]2C[C@@H](O)CN2C(=O)[C@H](NC(=O)CCC(=O)CCC(=O)CCC(=O)CCC(=O)CCC(=O)CCC(=O)CCNC(=O)c2cc(Oc3ccc(NC(=O)Nc4ccc(Cl)c(C(F)(F)F)c4)cc3)ccn2)C(C)(C)C)cc1. The van der Waals surface area contributed by atoms with Gasteiger partial charge in [0.1, 0.15) is 64.0 Å². The van der Waals surface area contributed by atoms with Gasteiger partial charge >= 0.3 is 12.2 Å². The third-order valence-corrected chi connectivity index (χ3v) is 15.9. The summed E-state index contributed by atoms with van der Waals surface area (Å²) < 4.78 is 45.4. The Morgan fingerprint density at radius 1 is 0.678 bits per heavy atom. The lowest BCUT2D eigenvalue weighted by Crippen LogP contribution is -2.57. The first-order valence-corrected chi connectivity index (χ1v) is 30.4. The second-order valence-electron chi connectivity index (χ2n) is 22.9. The molecule has 0 bridgehead atoms. The number of Topliss-reactive ketones (excluding diaryl/α,β-unsaturated/α-hetero) is 6. The van der Waals surface area contributed by atoms with Gasteiger partial charge in [0, 0.05) is 127 Å². The Bertz CT molecular complexity index is 3450. The van der Waals surface area contributed by atoms with Crippen molar-refractivity contribution in [2.75, 3.05) is 23.7 Å². The van der Waals surface area contributed by atoms with E-state index in [0.29, 0.717) is 11.8 Å². The van der Waals surface area contributed by atoms with Crippen LogP contribution in [0, 0.1) is 12.3 Å². The number of pyridine rings is 1. The van der Waals surface area contributed by atoms with Crippen LogP contribution < -0.4 is 31.3 Å². The van der Waals surface area contributed by atoms with Crippen molar-refractivity contribution in [1.29, 1.82) is 0 Å². The summed E-state index contributed by atoms with van der Waals surface area (Å²) in [5.41, 5.74) is 2.72. The van der Waals surface area contributed by atoms with Crippen LogP contribution in [0.25, 0.3) is 10.4 Å². The van der Waals surface area contributed by atoms with Crippen LogP contribution in [0.5, 0.6) is 11.5 Å². The second kappa shape index (κ2) is 32.8. The summed E-state index contributed by atoms with van der Waals surface area (Å²) in [5, 5.41) is 23.2. The Morgan fingerprint density at radius 2 is 1.21 bits per heavy atom. The first kappa shape index (κ1) is 70.5. The van der Waals surface area contributed by atoms with Crippen molar-refractivity contribution in [2.24, 2.45) is 5.41 Å². The average molecular weight is 1290 g/mol. The molecule has 5 aromatic rings. The van der Waals surface area contributed by atoms with Gasteiger partial charge < -0.3 is 41.3 Å². The van der Waals surface area contributed by atoms with E-state index in [1.807, 2.05) is 38.1 Å². The fourth-order valence-corrected chi connectivity index (χ4v) is 10.5. The highest BCUT2D eigenvalue weighted by molar-refractivity contribution is 7.13. The van der Waals surface area contributed by atoms with Crippen molar-refractivity contribution in [2.45, 2.75) is 155 Å². The van der Waals surface area contributed by atoms with Gasteiger partial charge in [-0.25, -0.2) is 9.78 Å². The van der Waals surface area contributed by atoms with E-state index in [2.05, 4.69) is 36.6 Å². The highest BCUT2D eigenvalue weighted by Crippen LogP contribution is 2.37. The summed E-state index contributed by atoms with van der Waals surface area (Å²) in [6.45, 7) is 8.80. The van der Waals surface area contributed by atoms with E-state index >= 15 is 0 Å². The van der Waals surface area contributed by atoms with E-state index < -0.39 is 76.1 Å². The zero-order valence-corrected chi connectivity index (χ0v) is 52.0. The Balaban J connectivity index is 0.799. The summed E-state index contributed by atoms with van der Waals surface area (Å²) >= 11 is 7.17. The molecule has 0 aliphatic carbocycles. The fraction of sp³-hybridized carbons (Fsp3) is 0.422. The molecule has 90 heavy (non-hydrogen) atoms. The molecule has 4 atom stereocenters. The lowest BCUT2D eigenvalue weighted by atomic mass is 9.85. The van der Waals surface area contributed by atoms with Crippen LogP contribution in [-0.2, 0) is 49.3 Å². The number of aliphatic hydroxyl groups excluding tert-OH is 1. The number of hydrogen-bond donors (Lipinski definition) is 6. The molecule has 0 saturated carbocycles. The summed E-state index contributed by atoms with van der Waals surface area (Å²) in [6.07, 6.45) is -6.40. The van der Waals surface area contributed by atoms with Gasteiger partial charge in [0.25, 0.3) is 5.91 Å². The monoisotopic (exact) mass is 1280 g/mol. The second-order valence-corrected chi connectivity index (χ2v) is 24.2. The number of anilines is 2. The van der Waals surface area contributed by atoms with Crippen molar-refractivity contribution >= 4 is 98.7 Å². The molecular formula is C64H72ClF3N8O13S. The number of nitrogens with one attached hydrogen (secondary N) is 5. The minimum Gasteiger partial charge on any atom is -0.457 e. The lowest BCUT2D eigenvalue weighted by Gasteiger charge is -2.35. The van der Waals surface area contributed by atoms with E-state index in [1.165, 1.54) is 64.9 Å². The van der Waals surface area contributed by atoms with Gasteiger partial charge in [-0.2, -0.15) is 13.2 Å². The first-order valence-electron chi connectivity index (χ1n) is 29.2. The van der Waals surface area contributed by atoms with Crippen LogP contribution in [0.15, 0.2) is 90.6 Å². The molecule has 6 rings (SSSR count). The number of urea groups is 1. The van der Waals surface area contributed by atoms with E-state index in [4.69, 9.17) is 16.3 Å². The average Bonchev–Trinajstić information content (AvgIpc) is 1.88.